The summed E-state index contributed by atoms with van der Waals surface area (Å²) in [7, 11) is 0. The van der Waals surface area contributed by atoms with Crippen LogP contribution in [0.25, 0.3) is 0 Å². The molecule has 0 spiro atoms. The van der Waals surface area contributed by atoms with Crippen LogP contribution in [0.4, 0.5) is 0 Å². The van der Waals surface area contributed by atoms with E-state index in [1.807, 2.05) is 0 Å². The van der Waals surface area contributed by atoms with Crippen LogP contribution in [-0.2, 0) is 0 Å². The highest BCUT2D eigenvalue weighted by molar-refractivity contribution is 4.86. The van der Waals surface area contributed by atoms with E-state index in [0.29, 0.717) is 0 Å². The van der Waals surface area contributed by atoms with Gasteiger partial charge in [0.05, 0.1) is 0 Å². The topological polar surface area (TPSA) is 61.0 Å². The normalized spacial score (nSPS) is 22.4. The molecule has 0 amide bonds. The number of nitrogens with two attached hydrogens (primary N) is 1. The molecular weight excluding hydrogens is 136 g/mol. The van der Waals surface area contributed by atoms with Crippen LogP contribution in [0, 0.1) is 0 Å². The Bertz CT molecular complexity index is 90.2. The lowest BCUT2D eigenvalue weighted by molar-refractivity contribution is 0.276. The van der Waals surface area contributed by atoms with Gasteiger partial charge >= 0.3 is 0 Å². The molecule has 0 aromatic carbocycles. The molecule has 0 saturated heterocycles. The first-order valence-electron chi connectivity index (χ1n) is 4.56. The predicted molar refractivity (Wildman–Crippen MR) is 49.9 cm³/mol. The van der Waals surface area contributed by atoms with Crippen molar-refractivity contribution in [3.63, 3.8) is 0 Å². The van der Waals surface area contributed by atoms with Crippen LogP contribution < -0.4 is 11.9 Å². The molecule has 1 aliphatic rings. The third-order valence-electron chi connectivity index (χ3n) is 2.60. The SMILES string of the molecule is CCCC1(N)CCCCC1.N. The van der Waals surface area contributed by atoms with Crippen LogP contribution in [0.1, 0.15) is 51.9 Å². The first-order chi connectivity index (χ1) is 4.77. The minimum Gasteiger partial charge on any atom is -0.344 e. The quantitative estimate of drug-likeness (QED) is 0.649. The summed E-state index contributed by atoms with van der Waals surface area (Å²) < 4.78 is 0. The second-order valence-corrected chi connectivity index (χ2v) is 3.67. The Morgan fingerprint density at radius 1 is 1.18 bits per heavy atom. The van der Waals surface area contributed by atoms with Crippen LogP contribution in [0.2, 0.25) is 0 Å². The van der Waals surface area contributed by atoms with Crippen molar-refractivity contribution in [2.75, 3.05) is 0 Å². The average Bonchev–Trinajstić information content (AvgIpc) is 1.89. The molecular formula is C9H22N2. The fraction of sp³-hybridized carbons (Fsp3) is 1.00. The molecule has 0 aliphatic heterocycles. The molecule has 1 rings (SSSR count). The van der Waals surface area contributed by atoms with Gasteiger partial charge in [0.2, 0.25) is 0 Å². The standard InChI is InChI=1S/C9H19N.H3N/c1-2-6-9(10)7-4-3-5-8-9;/h2-8,10H2,1H3;1H3. The Balaban J connectivity index is 0.000001000. The van der Waals surface area contributed by atoms with E-state index in [4.69, 9.17) is 5.73 Å². The lowest BCUT2D eigenvalue weighted by Gasteiger charge is -2.33. The molecule has 0 bridgehead atoms. The van der Waals surface area contributed by atoms with Gasteiger partial charge < -0.3 is 11.9 Å². The van der Waals surface area contributed by atoms with E-state index in [2.05, 4.69) is 6.92 Å². The largest absolute Gasteiger partial charge is 0.344 e. The highest BCUT2D eigenvalue weighted by Gasteiger charge is 2.25. The summed E-state index contributed by atoms with van der Waals surface area (Å²) in [6.07, 6.45) is 9.13. The smallest absolute Gasteiger partial charge is 0.0154 e. The van der Waals surface area contributed by atoms with E-state index in [1.54, 1.807) is 0 Å². The van der Waals surface area contributed by atoms with E-state index < -0.39 is 0 Å². The highest BCUT2D eigenvalue weighted by Crippen LogP contribution is 2.29. The fourth-order valence-electron chi connectivity index (χ4n) is 2.00. The van der Waals surface area contributed by atoms with Gasteiger partial charge in [-0.3, -0.25) is 0 Å². The van der Waals surface area contributed by atoms with Gasteiger partial charge in [0, 0.05) is 5.54 Å². The van der Waals surface area contributed by atoms with Crippen molar-refractivity contribution in [2.45, 2.75) is 57.4 Å². The van der Waals surface area contributed by atoms with Crippen LogP contribution in [-0.4, -0.2) is 5.54 Å². The maximum absolute atomic E-state index is 6.17. The first kappa shape index (κ1) is 10.9. The summed E-state index contributed by atoms with van der Waals surface area (Å²) in [5, 5.41) is 0. The molecule has 1 aliphatic carbocycles. The number of rotatable bonds is 2. The second kappa shape index (κ2) is 4.73. The van der Waals surface area contributed by atoms with Crippen molar-refractivity contribution in [3.8, 4) is 0 Å². The van der Waals surface area contributed by atoms with Gasteiger partial charge in [-0.25, -0.2) is 0 Å². The summed E-state index contributed by atoms with van der Waals surface area (Å²) in [5.74, 6) is 0. The summed E-state index contributed by atoms with van der Waals surface area (Å²) in [6.45, 7) is 2.23. The molecule has 0 aromatic heterocycles. The number of hydrogen-bond acceptors (Lipinski definition) is 2. The van der Waals surface area contributed by atoms with Crippen LogP contribution in [0.15, 0.2) is 0 Å². The minimum absolute atomic E-state index is 0. The zero-order chi connectivity index (χ0) is 7.45. The van der Waals surface area contributed by atoms with Crippen molar-refractivity contribution in [2.24, 2.45) is 5.73 Å². The van der Waals surface area contributed by atoms with Crippen molar-refractivity contribution in [3.05, 3.63) is 0 Å². The predicted octanol–water partition coefficient (Wildman–Crippen LogP) is 2.61. The van der Waals surface area contributed by atoms with E-state index in [9.17, 15) is 0 Å². The van der Waals surface area contributed by atoms with Crippen molar-refractivity contribution < 1.29 is 0 Å². The van der Waals surface area contributed by atoms with Gasteiger partial charge in [-0.2, -0.15) is 0 Å². The molecule has 68 valence electrons. The molecule has 0 atom stereocenters. The van der Waals surface area contributed by atoms with Gasteiger partial charge in [-0.1, -0.05) is 32.6 Å². The van der Waals surface area contributed by atoms with Crippen LogP contribution in [0.3, 0.4) is 0 Å². The molecule has 1 fully saturated rings. The lowest BCUT2D eigenvalue weighted by Crippen LogP contribution is -2.41. The molecule has 2 heteroatoms. The van der Waals surface area contributed by atoms with E-state index in [0.717, 1.165) is 0 Å². The molecule has 0 heterocycles. The molecule has 11 heavy (non-hydrogen) atoms. The minimum atomic E-state index is 0. The second-order valence-electron chi connectivity index (χ2n) is 3.67. The van der Waals surface area contributed by atoms with Crippen molar-refractivity contribution in [1.82, 2.24) is 6.15 Å². The monoisotopic (exact) mass is 158 g/mol. The van der Waals surface area contributed by atoms with Gasteiger partial charge in [0.25, 0.3) is 0 Å². The zero-order valence-corrected chi connectivity index (χ0v) is 7.73. The third kappa shape index (κ3) is 3.21. The van der Waals surface area contributed by atoms with E-state index in [1.165, 1.54) is 44.9 Å². The third-order valence-corrected chi connectivity index (χ3v) is 2.60. The lowest BCUT2D eigenvalue weighted by atomic mass is 9.80. The summed E-state index contributed by atoms with van der Waals surface area (Å²) in [4.78, 5) is 0. The molecule has 0 aromatic rings. The van der Waals surface area contributed by atoms with E-state index >= 15 is 0 Å². The van der Waals surface area contributed by atoms with Gasteiger partial charge in [-0.05, 0) is 19.3 Å². The Morgan fingerprint density at radius 2 is 1.73 bits per heavy atom. The summed E-state index contributed by atoms with van der Waals surface area (Å²) in [5.41, 5.74) is 6.40. The van der Waals surface area contributed by atoms with Crippen molar-refractivity contribution >= 4 is 0 Å². The summed E-state index contributed by atoms with van der Waals surface area (Å²) in [6, 6.07) is 0. The fourth-order valence-corrected chi connectivity index (χ4v) is 2.00. The van der Waals surface area contributed by atoms with Crippen molar-refractivity contribution in [1.29, 1.82) is 0 Å². The first-order valence-corrected chi connectivity index (χ1v) is 4.56. The maximum Gasteiger partial charge on any atom is 0.0154 e. The van der Waals surface area contributed by atoms with Crippen LogP contribution in [0.5, 0.6) is 0 Å². The number of hydrogen-bond donors (Lipinski definition) is 2. The van der Waals surface area contributed by atoms with Gasteiger partial charge in [0.1, 0.15) is 0 Å². The molecule has 5 N–H and O–H groups in total. The maximum atomic E-state index is 6.17. The van der Waals surface area contributed by atoms with Gasteiger partial charge in [0.15, 0.2) is 0 Å². The average molecular weight is 158 g/mol. The zero-order valence-electron chi connectivity index (χ0n) is 7.73. The van der Waals surface area contributed by atoms with E-state index in [-0.39, 0.29) is 11.7 Å². The summed E-state index contributed by atoms with van der Waals surface area (Å²) >= 11 is 0. The highest BCUT2D eigenvalue weighted by atomic mass is 14.7. The Morgan fingerprint density at radius 3 is 2.18 bits per heavy atom. The molecule has 1 saturated carbocycles. The van der Waals surface area contributed by atoms with Gasteiger partial charge in [-0.15, -0.1) is 0 Å². The molecule has 0 unspecified atom stereocenters. The molecule has 0 radical (unpaired) electrons. The Kier molecular flexibility index (Phi) is 4.69. The van der Waals surface area contributed by atoms with Crippen LogP contribution >= 0.6 is 0 Å². The molecule has 2 nitrogen and oxygen atoms in total. The Hall–Kier alpha value is -0.0800. The Labute approximate surface area is 70.1 Å².